The van der Waals surface area contributed by atoms with Crippen LogP contribution in [0.1, 0.15) is 51.9 Å². The van der Waals surface area contributed by atoms with Gasteiger partial charge in [0.2, 0.25) is 0 Å². The lowest BCUT2D eigenvalue weighted by molar-refractivity contribution is -0.136. The third kappa shape index (κ3) is 6.13. The summed E-state index contributed by atoms with van der Waals surface area (Å²) < 4.78 is 11.8. The smallest absolute Gasteiger partial charge is 0.303 e. The molecule has 1 fully saturated rings. The molecular weight excluding hydrogens is 490 g/mol. The second-order valence-electron chi connectivity index (χ2n) is 10.3. The number of carbonyl (C=O) groups is 2. The number of carboxylic acid groups (broad SMARTS) is 1. The van der Waals surface area contributed by atoms with Crippen LogP contribution in [0.2, 0.25) is 0 Å². The first-order chi connectivity index (χ1) is 18.8. The molecule has 0 radical (unpaired) electrons. The lowest BCUT2D eigenvalue weighted by Gasteiger charge is -2.39. The quantitative estimate of drug-likeness (QED) is 0.268. The van der Waals surface area contributed by atoms with Crippen molar-refractivity contribution in [3.05, 3.63) is 107 Å². The Kier molecular flexibility index (Phi) is 7.66. The maximum absolute atomic E-state index is 14.0. The van der Waals surface area contributed by atoms with Gasteiger partial charge in [-0.25, -0.2) is 0 Å². The summed E-state index contributed by atoms with van der Waals surface area (Å²) in [7, 11) is 0. The second kappa shape index (κ2) is 11.3. The highest BCUT2D eigenvalue weighted by atomic mass is 16.5. The number of rotatable bonds is 8. The largest absolute Gasteiger partial charge is 0.481 e. The molecule has 1 aliphatic rings. The summed E-state index contributed by atoms with van der Waals surface area (Å²) in [5, 5.41) is 14.9. The van der Waals surface area contributed by atoms with Gasteiger partial charge in [-0.15, -0.1) is 0 Å². The van der Waals surface area contributed by atoms with Crippen LogP contribution in [-0.2, 0) is 21.5 Å². The molecule has 0 bridgehead atoms. The van der Waals surface area contributed by atoms with Gasteiger partial charge in [0.1, 0.15) is 11.5 Å². The normalized spacial score (nSPS) is 14.6. The van der Waals surface area contributed by atoms with E-state index in [-0.39, 0.29) is 18.7 Å². The lowest BCUT2D eigenvalue weighted by Crippen LogP contribution is -2.49. The number of carbonyl (C=O) groups excluding carboxylic acids is 1. The Labute approximate surface area is 228 Å². The van der Waals surface area contributed by atoms with E-state index < -0.39 is 11.5 Å². The maximum atomic E-state index is 14.0. The zero-order chi connectivity index (χ0) is 27.4. The molecule has 5 rings (SSSR count). The lowest BCUT2D eigenvalue weighted by atomic mass is 9.81. The Morgan fingerprint density at radius 2 is 1.59 bits per heavy atom. The molecular formula is C33H33NO5. The van der Waals surface area contributed by atoms with Crippen molar-refractivity contribution >= 4 is 22.6 Å². The molecule has 4 aromatic carbocycles. The van der Waals surface area contributed by atoms with E-state index in [1.807, 2.05) is 38.1 Å². The fraction of sp³-hybridized carbons (Fsp3) is 0.273. The Bertz CT molecular complexity index is 1500. The van der Waals surface area contributed by atoms with Gasteiger partial charge in [-0.3, -0.25) is 9.59 Å². The maximum Gasteiger partial charge on any atom is 0.303 e. The Morgan fingerprint density at radius 3 is 2.31 bits per heavy atom. The highest BCUT2D eigenvalue weighted by molar-refractivity contribution is 5.97. The molecule has 1 aliphatic heterocycles. The Balaban J connectivity index is 1.50. The molecule has 39 heavy (non-hydrogen) atoms. The molecule has 4 aromatic rings. The molecule has 1 saturated heterocycles. The standard InChI is InChI=1S/C33H33NO5/c1-22-17-23(2)19-29(18-22)39-28-11-8-25(9-12-31(35)36)30(21-28)32(37)34-33(13-15-38-16-14-33)27-10-7-24-5-3-4-6-26(24)20-27/h3-8,10-11,17-21H,9,12-16H2,1-2H3,(H,34,37)(H,35,36). The molecule has 2 N–H and O–H groups in total. The van der Waals surface area contributed by atoms with Crippen LogP contribution in [0.5, 0.6) is 11.5 Å². The van der Waals surface area contributed by atoms with E-state index in [1.54, 1.807) is 18.2 Å². The van der Waals surface area contributed by atoms with E-state index in [9.17, 15) is 14.7 Å². The molecule has 0 aliphatic carbocycles. The topological polar surface area (TPSA) is 84.9 Å². The van der Waals surface area contributed by atoms with E-state index in [4.69, 9.17) is 9.47 Å². The van der Waals surface area contributed by atoms with Crippen LogP contribution < -0.4 is 10.1 Å². The number of carboxylic acids is 1. The van der Waals surface area contributed by atoms with Crippen molar-refractivity contribution in [2.24, 2.45) is 0 Å². The number of hydrogen-bond acceptors (Lipinski definition) is 4. The van der Waals surface area contributed by atoms with Gasteiger partial charge < -0.3 is 19.9 Å². The number of amides is 1. The van der Waals surface area contributed by atoms with Gasteiger partial charge in [-0.1, -0.05) is 48.5 Å². The van der Waals surface area contributed by atoms with Crippen molar-refractivity contribution in [1.82, 2.24) is 5.32 Å². The zero-order valence-electron chi connectivity index (χ0n) is 22.3. The first kappa shape index (κ1) is 26.4. The molecule has 0 atom stereocenters. The van der Waals surface area contributed by atoms with Gasteiger partial charge in [0, 0.05) is 25.2 Å². The molecule has 6 heteroatoms. The van der Waals surface area contributed by atoms with Crippen LogP contribution in [-0.4, -0.2) is 30.2 Å². The minimum Gasteiger partial charge on any atom is -0.481 e. The minimum atomic E-state index is -0.908. The van der Waals surface area contributed by atoms with Crippen molar-refractivity contribution < 1.29 is 24.2 Å². The summed E-state index contributed by atoms with van der Waals surface area (Å²) in [6, 6.07) is 25.8. The second-order valence-corrected chi connectivity index (χ2v) is 10.3. The number of hydrogen-bond donors (Lipinski definition) is 2. The Hall–Kier alpha value is -4.16. The van der Waals surface area contributed by atoms with Gasteiger partial charge in [-0.05, 0) is 96.5 Å². The zero-order valence-corrected chi connectivity index (χ0v) is 22.3. The summed E-state index contributed by atoms with van der Waals surface area (Å²) in [4.78, 5) is 25.3. The average Bonchev–Trinajstić information content (AvgIpc) is 2.92. The van der Waals surface area contributed by atoms with Crippen molar-refractivity contribution in [2.75, 3.05) is 13.2 Å². The van der Waals surface area contributed by atoms with E-state index in [2.05, 4.69) is 41.7 Å². The van der Waals surface area contributed by atoms with Crippen LogP contribution in [0.4, 0.5) is 0 Å². The summed E-state index contributed by atoms with van der Waals surface area (Å²) in [5.41, 5.74) is 3.69. The van der Waals surface area contributed by atoms with E-state index >= 15 is 0 Å². The van der Waals surface area contributed by atoms with Crippen LogP contribution >= 0.6 is 0 Å². The molecule has 0 aromatic heterocycles. The van der Waals surface area contributed by atoms with Crippen LogP contribution in [0, 0.1) is 13.8 Å². The van der Waals surface area contributed by atoms with Crippen LogP contribution in [0.3, 0.4) is 0 Å². The Morgan fingerprint density at radius 1 is 0.872 bits per heavy atom. The number of ether oxygens (including phenoxy) is 2. The highest BCUT2D eigenvalue weighted by Gasteiger charge is 2.37. The summed E-state index contributed by atoms with van der Waals surface area (Å²) >= 11 is 0. The SMILES string of the molecule is Cc1cc(C)cc(Oc2ccc(CCC(=O)O)c(C(=O)NC3(c4ccc5ccccc5c4)CCOCC3)c2)c1. The summed E-state index contributed by atoms with van der Waals surface area (Å²) in [5.74, 6) is 0.0514. The highest BCUT2D eigenvalue weighted by Crippen LogP contribution is 2.35. The summed E-state index contributed by atoms with van der Waals surface area (Å²) in [6.07, 6.45) is 1.45. The fourth-order valence-corrected chi connectivity index (χ4v) is 5.40. The number of nitrogens with one attached hydrogen (secondary N) is 1. The van der Waals surface area contributed by atoms with Gasteiger partial charge >= 0.3 is 5.97 Å². The van der Waals surface area contributed by atoms with Gasteiger partial charge in [0.25, 0.3) is 5.91 Å². The molecule has 6 nitrogen and oxygen atoms in total. The van der Waals surface area contributed by atoms with Crippen molar-refractivity contribution in [3.63, 3.8) is 0 Å². The van der Waals surface area contributed by atoms with Crippen LogP contribution in [0.15, 0.2) is 78.9 Å². The van der Waals surface area contributed by atoms with Gasteiger partial charge in [0.15, 0.2) is 0 Å². The molecule has 200 valence electrons. The third-order valence-corrected chi connectivity index (χ3v) is 7.37. The summed E-state index contributed by atoms with van der Waals surface area (Å²) in [6.45, 7) is 5.09. The van der Waals surface area contributed by atoms with Gasteiger partial charge in [-0.2, -0.15) is 0 Å². The molecule has 1 heterocycles. The molecule has 0 saturated carbocycles. The number of fused-ring (bicyclic) bond motifs is 1. The first-order valence-corrected chi connectivity index (χ1v) is 13.3. The van der Waals surface area contributed by atoms with E-state index in [0.717, 1.165) is 27.5 Å². The predicted octanol–water partition coefficient (Wildman–Crippen LogP) is 6.70. The third-order valence-electron chi connectivity index (χ3n) is 7.37. The van der Waals surface area contributed by atoms with Crippen LogP contribution in [0.25, 0.3) is 10.8 Å². The number of benzene rings is 4. The van der Waals surface area contributed by atoms with Crippen molar-refractivity contribution in [1.29, 1.82) is 0 Å². The molecule has 0 unspecified atom stereocenters. The molecule has 0 spiro atoms. The minimum absolute atomic E-state index is 0.0682. The monoisotopic (exact) mass is 523 g/mol. The number of aryl methyl sites for hydroxylation is 3. The first-order valence-electron chi connectivity index (χ1n) is 13.3. The number of aliphatic carboxylic acids is 1. The fourth-order valence-electron chi connectivity index (χ4n) is 5.40. The van der Waals surface area contributed by atoms with E-state index in [1.165, 1.54) is 0 Å². The average molecular weight is 524 g/mol. The predicted molar refractivity (Wildman–Crippen MR) is 152 cm³/mol. The van der Waals surface area contributed by atoms with Gasteiger partial charge in [0.05, 0.1) is 5.54 Å². The van der Waals surface area contributed by atoms with Crippen molar-refractivity contribution in [3.8, 4) is 11.5 Å². The van der Waals surface area contributed by atoms with E-state index in [0.29, 0.717) is 48.7 Å². The molecule has 1 amide bonds. The van der Waals surface area contributed by atoms with Crippen molar-refractivity contribution in [2.45, 2.75) is 45.1 Å².